The van der Waals surface area contributed by atoms with Gasteiger partial charge in [-0.25, -0.2) is 4.98 Å². The van der Waals surface area contributed by atoms with Gasteiger partial charge in [-0.2, -0.15) is 0 Å². The lowest BCUT2D eigenvalue weighted by atomic mass is 10.3. The Morgan fingerprint density at radius 2 is 2.06 bits per heavy atom. The summed E-state index contributed by atoms with van der Waals surface area (Å²) >= 11 is 0. The van der Waals surface area contributed by atoms with Crippen LogP contribution in [0.1, 0.15) is 5.69 Å². The number of likely N-dealkylation sites (N-methyl/N-ethyl adjacent to an activating group) is 1. The smallest absolute Gasteiger partial charge is 0.242 e. The molecule has 2 heterocycles. The fourth-order valence-corrected chi connectivity index (χ4v) is 2.07. The van der Waals surface area contributed by atoms with E-state index in [1.54, 1.807) is 12.4 Å². The summed E-state index contributed by atoms with van der Waals surface area (Å²) in [6.45, 7) is 5.56. The van der Waals surface area contributed by atoms with E-state index in [4.69, 9.17) is 0 Å². The minimum Gasteiger partial charge on any atom is -0.349 e. The van der Waals surface area contributed by atoms with Gasteiger partial charge in [-0.3, -0.25) is 9.78 Å². The van der Waals surface area contributed by atoms with Crippen LogP contribution in [0.3, 0.4) is 0 Å². The van der Waals surface area contributed by atoms with Crippen molar-refractivity contribution in [1.29, 1.82) is 0 Å². The number of nitrogens with one attached hydrogen (secondary N) is 1. The monoisotopic (exact) mass is 249 g/mol. The lowest BCUT2D eigenvalue weighted by molar-refractivity contribution is -0.130. The highest BCUT2D eigenvalue weighted by Gasteiger charge is 2.18. The number of aryl methyl sites for hydroxylation is 1. The Balaban J connectivity index is 1.96. The molecule has 18 heavy (non-hydrogen) atoms. The summed E-state index contributed by atoms with van der Waals surface area (Å²) in [5, 5.41) is 3.23. The fourth-order valence-electron chi connectivity index (χ4n) is 2.07. The number of anilines is 1. The number of hydrogen-bond donors (Lipinski definition) is 1. The third-order valence-electron chi connectivity index (χ3n) is 3.06. The van der Waals surface area contributed by atoms with Gasteiger partial charge < -0.3 is 15.1 Å². The molecular formula is C12H19N5O. The molecule has 1 aromatic heterocycles. The average Bonchev–Trinajstić information content (AvgIpc) is 2.40. The van der Waals surface area contributed by atoms with E-state index in [9.17, 15) is 4.79 Å². The van der Waals surface area contributed by atoms with Gasteiger partial charge in [0, 0.05) is 45.6 Å². The van der Waals surface area contributed by atoms with Crippen LogP contribution < -0.4 is 10.2 Å². The third kappa shape index (κ3) is 2.95. The second-order valence-electron chi connectivity index (χ2n) is 4.45. The Morgan fingerprint density at radius 1 is 1.39 bits per heavy atom. The third-order valence-corrected chi connectivity index (χ3v) is 3.06. The molecule has 1 fully saturated rings. The molecule has 6 nitrogen and oxygen atoms in total. The second kappa shape index (κ2) is 5.77. The molecule has 1 N–H and O–H groups in total. The molecule has 0 saturated carbocycles. The maximum absolute atomic E-state index is 12.1. The van der Waals surface area contributed by atoms with Crippen molar-refractivity contribution in [1.82, 2.24) is 20.2 Å². The number of nitrogens with zero attached hydrogens (tertiary/aromatic N) is 4. The van der Waals surface area contributed by atoms with E-state index < -0.39 is 0 Å². The van der Waals surface area contributed by atoms with Gasteiger partial charge >= 0.3 is 0 Å². The molecule has 1 saturated heterocycles. The van der Waals surface area contributed by atoms with Crippen LogP contribution in [0.15, 0.2) is 12.4 Å². The molecular weight excluding hydrogens is 230 g/mol. The van der Waals surface area contributed by atoms with Gasteiger partial charge in [-0.15, -0.1) is 0 Å². The number of rotatable bonds is 3. The fraction of sp³-hybridized carbons (Fsp3) is 0.583. The van der Waals surface area contributed by atoms with Gasteiger partial charge in [0.05, 0.1) is 12.2 Å². The average molecular weight is 249 g/mol. The van der Waals surface area contributed by atoms with Crippen molar-refractivity contribution in [3.8, 4) is 0 Å². The Morgan fingerprint density at radius 3 is 2.72 bits per heavy atom. The summed E-state index contributed by atoms with van der Waals surface area (Å²) < 4.78 is 0. The van der Waals surface area contributed by atoms with E-state index >= 15 is 0 Å². The summed E-state index contributed by atoms with van der Waals surface area (Å²) in [6, 6.07) is 0. The van der Waals surface area contributed by atoms with Gasteiger partial charge in [0.1, 0.15) is 5.82 Å². The van der Waals surface area contributed by atoms with Gasteiger partial charge in [0.15, 0.2) is 0 Å². The molecule has 1 aliphatic rings. The first-order valence-corrected chi connectivity index (χ1v) is 6.15. The number of amides is 1. The van der Waals surface area contributed by atoms with E-state index in [0.29, 0.717) is 6.54 Å². The Hall–Kier alpha value is -1.69. The van der Waals surface area contributed by atoms with E-state index in [1.165, 1.54) is 0 Å². The van der Waals surface area contributed by atoms with Crippen LogP contribution in [0.5, 0.6) is 0 Å². The highest BCUT2D eigenvalue weighted by Crippen LogP contribution is 2.11. The SMILES string of the molecule is Cc1nccnc1N(C)CC(=O)N1CCNCC1. The van der Waals surface area contributed by atoms with Crippen LogP contribution >= 0.6 is 0 Å². The molecule has 1 aromatic rings. The van der Waals surface area contributed by atoms with E-state index in [0.717, 1.165) is 37.7 Å². The minimum absolute atomic E-state index is 0.143. The second-order valence-corrected chi connectivity index (χ2v) is 4.45. The topological polar surface area (TPSA) is 61.4 Å². The maximum Gasteiger partial charge on any atom is 0.242 e. The maximum atomic E-state index is 12.1. The summed E-state index contributed by atoms with van der Waals surface area (Å²) in [4.78, 5) is 24.3. The van der Waals surface area contributed by atoms with Gasteiger partial charge in [-0.05, 0) is 6.92 Å². The molecule has 0 aromatic carbocycles. The molecule has 0 aliphatic carbocycles. The summed E-state index contributed by atoms with van der Waals surface area (Å²) in [5.41, 5.74) is 0.841. The standard InChI is InChI=1S/C12H19N5O/c1-10-12(15-4-3-14-10)16(2)9-11(18)17-7-5-13-6-8-17/h3-4,13H,5-9H2,1-2H3. The molecule has 6 heteroatoms. The summed E-state index contributed by atoms with van der Waals surface area (Å²) in [5.74, 6) is 0.907. The molecule has 0 spiro atoms. The molecule has 1 amide bonds. The van der Waals surface area contributed by atoms with Crippen molar-refractivity contribution in [3.05, 3.63) is 18.1 Å². The Labute approximate surface area is 107 Å². The normalized spacial score (nSPS) is 15.6. The van der Waals surface area contributed by atoms with Crippen LogP contribution in [-0.2, 0) is 4.79 Å². The number of piperazine rings is 1. The van der Waals surface area contributed by atoms with E-state index in [2.05, 4.69) is 15.3 Å². The Bertz CT molecular complexity index is 417. The van der Waals surface area contributed by atoms with E-state index in [1.807, 2.05) is 23.8 Å². The predicted molar refractivity (Wildman–Crippen MR) is 69.5 cm³/mol. The summed E-state index contributed by atoms with van der Waals surface area (Å²) in [6.07, 6.45) is 3.30. The van der Waals surface area contributed by atoms with Gasteiger partial charge in [0.25, 0.3) is 0 Å². The predicted octanol–water partition coefficient (Wildman–Crippen LogP) is -0.347. The van der Waals surface area contributed by atoms with Crippen molar-refractivity contribution < 1.29 is 4.79 Å². The molecule has 98 valence electrons. The highest BCUT2D eigenvalue weighted by atomic mass is 16.2. The molecule has 0 unspecified atom stereocenters. The first-order valence-electron chi connectivity index (χ1n) is 6.15. The minimum atomic E-state index is 0.143. The van der Waals surface area contributed by atoms with Crippen LogP contribution in [0, 0.1) is 6.92 Å². The van der Waals surface area contributed by atoms with Gasteiger partial charge in [-0.1, -0.05) is 0 Å². The zero-order valence-corrected chi connectivity index (χ0v) is 10.9. The zero-order chi connectivity index (χ0) is 13.0. The lowest BCUT2D eigenvalue weighted by Gasteiger charge is -2.29. The van der Waals surface area contributed by atoms with Crippen molar-refractivity contribution in [2.75, 3.05) is 44.7 Å². The molecule has 1 aliphatic heterocycles. The van der Waals surface area contributed by atoms with E-state index in [-0.39, 0.29) is 5.91 Å². The number of aromatic nitrogens is 2. The summed E-state index contributed by atoms with van der Waals surface area (Å²) in [7, 11) is 1.87. The molecule has 2 rings (SSSR count). The quantitative estimate of drug-likeness (QED) is 0.793. The number of carbonyl (C=O) groups is 1. The lowest BCUT2D eigenvalue weighted by Crippen LogP contribution is -2.49. The number of hydrogen-bond acceptors (Lipinski definition) is 5. The first kappa shape index (κ1) is 12.8. The van der Waals surface area contributed by atoms with Crippen LogP contribution in [0.4, 0.5) is 5.82 Å². The Kier molecular flexibility index (Phi) is 4.09. The molecule has 0 atom stereocenters. The van der Waals surface area contributed by atoms with Crippen LogP contribution in [0.25, 0.3) is 0 Å². The molecule has 0 radical (unpaired) electrons. The van der Waals surface area contributed by atoms with Crippen LogP contribution in [-0.4, -0.2) is 60.5 Å². The largest absolute Gasteiger partial charge is 0.349 e. The van der Waals surface area contributed by atoms with Gasteiger partial charge in [0.2, 0.25) is 5.91 Å². The highest BCUT2D eigenvalue weighted by molar-refractivity contribution is 5.81. The van der Waals surface area contributed by atoms with Crippen LogP contribution in [0.2, 0.25) is 0 Å². The van der Waals surface area contributed by atoms with Crippen molar-refractivity contribution >= 4 is 11.7 Å². The van der Waals surface area contributed by atoms with Crippen molar-refractivity contribution in [3.63, 3.8) is 0 Å². The first-order chi connectivity index (χ1) is 8.68. The molecule has 0 bridgehead atoms. The van der Waals surface area contributed by atoms with Crippen molar-refractivity contribution in [2.45, 2.75) is 6.92 Å². The zero-order valence-electron chi connectivity index (χ0n) is 10.9. The number of carbonyl (C=O) groups excluding carboxylic acids is 1. The van der Waals surface area contributed by atoms with Crippen molar-refractivity contribution in [2.24, 2.45) is 0 Å².